The molecule has 0 aliphatic carbocycles. The minimum Gasteiger partial charge on any atom is -0.295 e. The van der Waals surface area contributed by atoms with Gasteiger partial charge in [0, 0.05) is 11.3 Å². The average Bonchev–Trinajstić information content (AvgIpc) is 2.64. The topological polar surface area (TPSA) is 61.6 Å². The highest BCUT2D eigenvalue weighted by atomic mass is 16.1. The fourth-order valence-corrected chi connectivity index (χ4v) is 1.89. The lowest BCUT2D eigenvalue weighted by Gasteiger charge is -2.01. The van der Waals surface area contributed by atoms with Gasteiger partial charge in [0.2, 0.25) is 0 Å². The van der Waals surface area contributed by atoms with Crippen LogP contribution < -0.4 is 5.56 Å². The summed E-state index contributed by atoms with van der Waals surface area (Å²) >= 11 is 0. The second-order valence-corrected chi connectivity index (χ2v) is 3.87. The number of hydrogen-bond donors (Lipinski definition) is 1. The molecule has 2 aromatic rings. The van der Waals surface area contributed by atoms with Gasteiger partial charge in [-0.1, -0.05) is 13.0 Å². The number of H-pyrrole nitrogens is 1. The molecule has 0 fully saturated rings. The van der Waals surface area contributed by atoms with Crippen molar-refractivity contribution in [3.63, 3.8) is 0 Å². The molecule has 0 spiro atoms. The van der Waals surface area contributed by atoms with Gasteiger partial charge in [0.1, 0.15) is 0 Å². The maximum Gasteiger partial charge on any atom is 0.274 e. The summed E-state index contributed by atoms with van der Waals surface area (Å²) in [6.45, 7) is 3.83. The first-order valence-electron chi connectivity index (χ1n) is 5.48. The maximum absolute atomic E-state index is 12.1. The number of aryl methyl sites for hydroxylation is 1. The highest BCUT2D eigenvalue weighted by molar-refractivity contribution is 5.41. The zero-order chi connectivity index (χ0) is 12.4. The van der Waals surface area contributed by atoms with Crippen LogP contribution in [0, 0.1) is 18.3 Å². The van der Waals surface area contributed by atoms with Crippen molar-refractivity contribution in [2.75, 3.05) is 0 Å². The third-order valence-electron chi connectivity index (χ3n) is 2.78. The van der Waals surface area contributed by atoms with E-state index >= 15 is 0 Å². The van der Waals surface area contributed by atoms with E-state index in [1.165, 1.54) is 4.68 Å². The summed E-state index contributed by atoms with van der Waals surface area (Å²) in [6.07, 6.45) is 0.701. The summed E-state index contributed by atoms with van der Waals surface area (Å²) in [6, 6.07) is 9.04. The van der Waals surface area contributed by atoms with E-state index in [0.29, 0.717) is 17.7 Å². The Kier molecular flexibility index (Phi) is 2.84. The van der Waals surface area contributed by atoms with Gasteiger partial charge in [-0.05, 0) is 31.5 Å². The number of nitrogens with one attached hydrogen (secondary N) is 1. The van der Waals surface area contributed by atoms with E-state index in [1.807, 2.05) is 13.8 Å². The van der Waals surface area contributed by atoms with E-state index < -0.39 is 0 Å². The van der Waals surface area contributed by atoms with Crippen LogP contribution in [-0.4, -0.2) is 9.78 Å². The van der Waals surface area contributed by atoms with E-state index in [0.717, 1.165) is 11.3 Å². The summed E-state index contributed by atoms with van der Waals surface area (Å²) < 4.78 is 1.48. The molecule has 0 aliphatic heterocycles. The van der Waals surface area contributed by atoms with Gasteiger partial charge in [-0.3, -0.25) is 9.89 Å². The van der Waals surface area contributed by atoms with E-state index in [4.69, 9.17) is 5.26 Å². The lowest BCUT2D eigenvalue weighted by atomic mass is 10.2. The van der Waals surface area contributed by atoms with Crippen molar-refractivity contribution >= 4 is 0 Å². The summed E-state index contributed by atoms with van der Waals surface area (Å²) in [7, 11) is 0. The van der Waals surface area contributed by atoms with Crippen molar-refractivity contribution in [3.8, 4) is 11.8 Å². The summed E-state index contributed by atoms with van der Waals surface area (Å²) in [5.41, 5.74) is 2.85. The zero-order valence-electron chi connectivity index (χ0n) is 9.82. The normalized spacial score (nSPS) is 10.2. The largest absolute Gasteiger partial charge is 0.295 e. The molecule has 1 aromatic heterocycles. The van der Waals surface area contributed by atoms with E-state index in [1.54, 1.807) is 24.3 Å². The fourth-order valence-electron chi connectivity index (χ4n) is 1.89. The molecule has 0 saturated heterocycles. The van der Waals surface area contributed by atoms with Crippen molar-refractivity contribution in [2.45, 2.75) is 20.3 Å². The van der Waals surface area contributed by atoms with Crippen molar-refractivity contribution in [2.24, 2.45) is 0 Å². The molecule has 1 N–H and O–H groups in total. The monoisotopic (exact) mass is 227 g/mol. The molecule has 0 unspecified atom stereocenters. The van der Waals surface area contributed by atoms with Crippen LogP contribution in [0.4, 0.5) is 0 Å². The molecule has 0 amide bonds. The van der Waals surface area contributed by atoms with Crippen LogP contribution in [0.3, 0.4) is 0 Å². The molecule has 4 heteroatoms. The third kappa shape index (κ3) is 1.87. The van der Waals surface area contributed by atoms with Crippen LogP contribution in [0.25, 0.3) is 5.69 Å². The molecule has 2 rings (SSSR count). The fraction of sp³-hybridized carbons (Fsp3) is 0.231. The Morgan fingerprint density at radius 2 is 2.24 bits per heavy atom. The van der Waals surface area contributed by atoms with E-state index in [-0.39, 0.29) is 5.56 Å². The van der Waals surface area contributed by atoms with Crippen molar-refractivity contribution in [1.82, 2.24) is 9.78 Å². The van der Waals surface area contributed by atoms with E-state index in [2.05, 4.69) is 11.2 Å². The molecule has 0 aliphatic rings. The second kappa shape index (κ2) is 4.30. The summed E-state index contributed by atoms with van der Waals surface area (Å²) in [5, 5.41) is 11.9. The van der Waals surface area contributed by atoms with Crippen molar-refractivity contribution < 1.29 is 0 Å². The van der Waals surface area contributed by atoms with Crippen LogP contribution in [0.15, 0.2) is 29.1 Å². The molecule has 0 radical (unpaired) electrons. The Morgan fingerprint density at radius 3 is 2.82 bits per heavy atom. The standard InChI is InChI=1S/C13H13N3O/c1-3-12-9(2)15-16(13(12)17)11-6-4-5-10(7-11)8-14/h4-7,15H,3H2,1-2H3. The minimum absolute atomic E-state index is 0.0416. The molecule has 17 heavy (non-hydrogen) atoms. The van der Waals surface area contributed by atoms with Crippen LogP contribution in [0.5, 0.6) is 0 Å². The first-order valence-corrected chi connectivity index (χ1v) is 5.48. The predicted molar refractivity (Wildman–Crippen MR) is 65.2 cm³/mol. The Hall–Kier alpha value is -2.28. The number of aromatic nitrogens is 2. The molecule has 0 saturated carbocycles. The van der Waals surface area contributed by atoms with Gasteiger partial charge in [-0.2, -0.15) is 5.26 Å². The van der Waals surface area contributed by atoms with Gasteiger partial charge in [0.25, 0.3) is 5.56 Å². The Balaban J connectivity index is 2.62. The highest BCUT2D eigenvalue weighted by Gasteiger charge is 2.10. The van der Waals surface area contributed by atoms with Gasteiger partial charge in [0.05, 0.1) is 17.3 Å². The predicted octanol–water partition coefficient (Wildman–Crippen LogP) is 1.91. The molecule has 0 atom stereocenters. The molecule has 1 heterocycles. The van der Waals surface area contributed by atoms with Crippen LogP contribution >= 0.6 is 0 Å². The second-order valence-electron chi connectivity index (χ2n) is 3.87. The lowest BCUT2D eigenvalue weighted by molar-refractivity contribution is 0.834. The Labute approximate surface area is 99.1 Å². The number of nitrogens with zero attached hydrogens (tertiary/aromatic N) is 2. The van der Waals surface area contributed by atoms with Crippen LogP contribution in [0.2, 0.25) is 0 Å². The number of aromatic amines is 1. The van der Waals surface area contributed by atoms with Gasteiger partial charge in [0.15, 0.2) is 0 Å². The first-order chi connectivity index (χ1) is 8.17. The minimum atomic E-state index is -0.0416. The molecular formula is C13H13N3O. The molecular weight excluding hydrogens is 214 g/mol. The molecule has 4 nitrogen and oxygen atoms in total. The SMILES string of the molecule is CCc1c(C)[nH]n(-c2cccc(C#N)c2)c1=O. The quantitative estimate of drug-likeness (QED) is 0.851. The maximum atomic E-state index is 12.1. The van der Waals surface area contributed by atoms with Crippen LogP contribution in [0.1, 0.15) is 23.7 Å². The first kappa shape index (κ1) is 11.2. The Morgan fingerprint density at radius 1 is 1.47 bits per heavy atom. The summed E-state index contributed by atoms with van der Waals surface area (Å²) in [5.74, 6) is 0. The average molecular weight is 227 g/mol. The van der Waals surface area contributed by atoms with Gasteiger partial charge in [-0.15, -0.1) is 0 Å². The number of nitriles is 1. The van der Waals surface area contributed by atoms with Gasteiger partial charge in [-0.25, -0.2) is 4.68 Å². The number of hydrogen-bond acceptors (Lipinski definition) is 2. The zero-order valence-corrected chi connectivity index (χ0v) is 9.82. The van der Waals surface area contributed by atoms with Crippen LogP contribution in [-0.2, 0) is 6.42 Å². The lowest BCUT2D eigenvalue weighted by Crippen LogP contribution is -2.17. The van der Waals surface area contributed by atoms with Crippen molar-refractivity contribution in [3.05, 3.63) is 51.4 Å². The number of benzene rings is 1. The Bertz CT molecular complexity index is 643. The molecule has 0 bridgehead atoms. The number of rotatable bonds is 2. The molecule has 86 valence electrons. The highest BCUT2D eigenvalue weighted by Crippen LogP contribution is 2.09. The smallest absolute Gasteiger partial charge is 0.274 e. The van der Waals surface area contributed by atoms with Gasteiger partial charge < -0.3 is 0 Å². The molecule has 1 aromatic carbocycles. The third-order valence-corrected chi connectivity index (χ3v) is 2.78. The van der Waals surface area contributed by atoms with Gasteiger partial charge >= 0.3 is 0 Å². The summed E-state index contributed by atoms with van der Waals surface area (Å²) in [4.78, 5) is 12.1. The van der Waals surface area contributed by atoms with Crippen molar-refractivity contribution in [1.29, 1.82) is 5.26 Å². The van der Waals surface area contributed by atoms with E-state index in [9.17, 15) is 4.79 Å².